The fourth-order valence-electron chi connectivity index (χ4n) is 4.07. The van der Waals surface area contributed by atoms with Gasteiger partial charge in [-0.15, -0.1) is 0 Å². The van der Waals surface area contributed by atoms with Crippen LogP contribution in [-0.4, -0.2) is 37.5 Å². The Morgan fingerprint density at radius 3 is 2.34 bits per heavy atom. The SMILES string of the molecule is O=c1[nH]c2cc3c(cc2cc1CN(CCc1ccccc1)S(=O)(=O)c1ccccc1F)OCCO3. The maximum Gasteiger partial charge on any atom is 0.252 e. The van der Waals surface area contributed by atoms with Gasteiger partial charge in [-0.3, -0.25) is 4.79 Å². The van der Waals surface area contributed by atoms with Gasteiger partial charge in [0.1, 0.15) is 23.9 Å². The summed E-state index contributed by atoms with van der Waals surface area (Å²) >= 11 is 0. The van der Waals surface area contributed by atoms with Crippen LogP contribution in [0.3, 0.4) is 0 Å². The molecule has 3 aromatic carbocycles. The second-order valence-electron chi connectivity index (χ2n) is 8.21. The highest BCUT2D eigenvalue weighted by Crippen LogP contribution is 2.34. The van der Waals surface area contributed by atoms with E-state index in [9.17, 15) is 17.6 Å². The first-order chi connectivity index (χ1) is 16.9. The van der Waals surface area contributed by atoms with Crippen molar-refractivity contribution in [3.63, 3.8) is 0 Å². The molecular formula is C26H23FN2O5S. The summed E-state index contributed by atoms with van der Waals surface area (Å²) < 4.78 is 53.8. The molecule has 0 saturated heterocycles. The molecule has 1 N–H and O–H groups in total. The van der Waals surface area contributed by atoms with E-state index in [4.69, 9.17) is 9.47 Å². The van der Waals surface area contributed by atoms with E-state index in [1.165, 1.54) is 18.2 Å². The molecule has 5 rings (SSSR count). The second kappa shape index (κ2) is 9.52. The van der Waals surface area contributed by atoms with E-state index in [1.54, 1.807) is 18.2 Å². The molecule has 0 amide bonds. The minimum absolute atomic E-state index is 0.0687. The Hall–Kier alpha value is -3.69. The summed E-state index contributed by atoms with van der Waals surface area (Å²) in [6, 6.07) is 19.7. The van der Waals surface area contributed by atoms with Crippen molar-refractivity contribution in [1.82, 2.24) is 9.29 Å². The number of benzene rings is 3. The molecule has 9 heteroatoms. The van der Waals surface area contributed by atoms with Crippen molar-refractivity contribution in [3.8, 4) is 11.5 Å². The third-order valence-electron chi connectivity index (χ3n) is 5.88. The minimum Gasteiger partial charge on any atom is -0.486 e. The number of hydrogen-bond acceptors (Lipinski definition) is 5. The van der Waals surface area contributed by atoms with Crippen molar-refractivity contribution in [2.24, 2.45) is 0 Å². The Morgan fingerprint density at radius 1 is 0.914 bits per heavy atom. The number of rotatable bonds is 7. The Labute approximate surface area is 201 Å². The Morgan fingerprint density at radius 2 is 1.60 bits per heavy atom. The number of ether oxygens (including phenoxy) is 2. The van der Waals surface area contributed by atoms with Crippen LogP contribution in [0, 0.1) is 5.82 Å². The average molecular weight is 495 g/mol. The molecule has 0 radical (unpaired) electrons. The van der Waals surface area contributed by atoms with Crippen LogP contribution in [0.1, 0.15) is 11.1 Å². The number of H-pyrrole nitrogens is 1. The molecule has 0 fully saturated rings. The lowest BCUT2D eigenvalue weighted by Crippen LogP contribution is -2.35. The van der Waals surface area contributed by atoms with Crippen LogP contribution < -0.4 is 15.0 Å². The molecule has 4 aromatic rings. The van der Waals surface area contributed by atoms with Crippen molar-refractivity contribution in [2.75, 3.05) is 19.8 Å². The van der Waals surface area contributed by atoms with Crippen LogP contribution >= 0.6 is 0 Å². The first kappa shape index (κ1) is 23.1. The van der Waals surface area contributed by atoms with Crippen LogP contribution in [-0.2, 0) is 23.0 Å². The van der Waals surface area contributed by atoms with Gasteiger partial charge < -0.3 is 14.5 Å². The maximum atomic E-state index is 14.5. The predicted molar refractivity (Wildman–Crippen MR) is 130 cm³/mol. The first-order valence-electron chi connectivity index (χ1n) is 11.2. The Kier molecular flexibility index (Phi) is 6.27. The second-order valence-corrected chi connectivity index (χ2v) is 10.1. The van der Waals surface area contributed by atoms with E-state index in [0.717, 1.165) is 15.9 Å². The number of aromatic amines is 1. The summed E-state index contributed by atoms with van der Waals surface area (Å²) in [6.07, 6.45) is 0.401. The predicted octanol–water partition coefficient (Wildman–Crippen LogP) is 3.87. The molecule has 0 atom stereocenters. The van der Waals surface area contributed by atoms with Gasteiger partial charge >= 0.3 is 0 Å². The van der Waals surface area contributed by atoms with Crippen molar-refractivity contribution in [2.45, 2.75) is 17.9 Å². The van der Waals surface area contributed by atoms with E-state index in [2.05, 4.69) is 4.98 Å². The Bertz CT molecular complexity index is 1540. The number of pyridine rings is 1. The molecular weight excluding hydrogens is 471 g/mol. The largest absolute Gasteiger partial charge is 0.486 e. The molecule has 0 bridgehead atoms. The lowest BCUT2D eigenvalue weighted by atomic mass is 10.1. The highest BCUT2D eigenvalue weighted by Gasteiger charge is 2.28. The molecule has 1 aromatic heterocycles. The summed E-state index contributed by atoms with van der Waals surface area (Å²) in [5.41, 5.74) is 1.29. The molecule has 35 heavy (non-hydrogen) atoms. The van der Waals surface area contributed by atoms with Gasteiger partial charge in [-0.05, 0) is 36.2 Å². The van der Waals surface area contributed by atoms with Crippen LogP contribution in [0.5, 0.6) is 11.5 Å². The van der Waals surface area contributed by atoms with E-state index in [1.807, 2.05) is 30.3 Å². The number of sulfonamides is 1. The van der Waals surface area contributed by atoms with E-state index in [-0.39, 0.29) is 18.7 Å². The normalized spacial score (nSPS) is 13.3. The third-order valence-corrected chi connectivity index (χ3v) is 7.76. The lowest BCUT2D eigenvalue weighted by Gasteiger charge is -2.23. The summed E-state index contributed by atoms with van der Waals surface area (Å²) in [5.74, 6) is 0.258. The zero-order chi connectivity index (χ0) is 24.4. The van der Waals surface area contributed by atoms with Crippen molar-refractivity contribution >= 4 is 20.9 Å². The zero-order valence-electron chi connectivity index (χ0n) is 18.7. The standard InChI is InChI=1S/C26H23FN2O5S/c27-21-8-4-5-9-25(21)35(31,32)29(11-10-18-6-2-1-3-7-18)17-20-14-19-15-23-24(34-13-12-33-23)16-22(19)28-26(20)30/h1-9,14-16H,10-13,17H2,(H,28,30). The summed E-state index contributed by atoms with van der Waals surface area (Å²) in [5, 5.41) is 0.676. The molecule has 2 heterocycles. The third kappa shape index (κ3) is 4.78. The molecule has 1 aliphatic rings. The number of nitrogens with zero attached hydrogens (tertiary/aromatic N) is 1. The lowest BCUT2D eigenvalue weighted by molar-refractivity contribution is 0.172. The fourth-order valence-corrected chi connectivity index (χ4v) is 5.56. The summed E-state index contributed by atoms with van der Waals surface area (Å²) in [7, 11) is -4.22. The number of hydrogen-bond donors (Lipinski definition) is 1. The summed E-state index contributed by atoms with van der Waals surface area (Å²) in [4.78, 5) is 15.3. The van der Waals surface area contributed by atoms with Crippen LogP contribution in [0.15, 0.2) is 82.5 Å². The summed E-state index contributed by atoms with van der Waals surface area (Å²) in [6.45, 7) is 0.691. The van der Waals surface area contributed by atoms with Gasteiger partial charge in [-0.2, -0.15) is 4.31 Å². The quantitative estimate of drug-likeness (QED) is 0.421. The Balaban J connectivity index is 1.53. The van der Waals surface area contributed by atoms with Crippen LogP contribution in [0.2, 0.25) is 0 Å². The molecule has 0 aliphatic carbocycles. The van der Waals surface area contributed by atoms with Crippen molar-refractivity contribution in [1.29, 1.82) is 0 Å². The van der Waals surface area contributed by atoms with Gasteiger partial charge in [-0.1, -0.05) is 42.5 Å². The van der Waals surface area contributed by atoms with Gasteiger partial charge in [0.15, 0.2) is 11.5 Å². The van der Waals surface area contributed by atoms with Gasteiger partial charge in [0.25, 0.3) is 5.56 Å². The highest BCUT2D eigenvalue weighted by molar-refractivity contribution is 7.89. The van der Waals surface area contributed by atoms with Gasteiger partial charge in [0.2, 0.25) is 10.0 Å². The topological polar surface area (TPSA) is 88.7 Å². The van der Waals surface area contributed by atoms with E-state index >= 15 is 0 Å². The molecule has 1 aliphatic heterocycles. The smallest absolute Gasteiger partial charge is 0.252 e. The van der Waals surface area contributed by atoms with E-state index < -0.39 is 26.3 Å². The van der Waals surface area contributed by atoms with Crippen LogP contribution in [0.4, 0.5) is 4.39 Å². The molecule has 0 saturated carbocycles. The number of fused-ring (bicyclic) bond motifs is 2. The van der Waals surface area contributed by atoms with Crippen LogP contribution in [0.25, 0.3) is 10.9 Å². The van der Waals surface area contributed by atoms with E-state index in [0.29, 0.717) is 42.0 Å². The monoisotopic (exact) mass is 494 g/mol. The maximum absolute atomic E-state index is 14.5. The van der Waals surface area contributed by atoms with Crippen molar-refractivity contribution < 1.29 is 22.3 Å². The molecule has 0 spiro atoms. The fraction of sp³-hybridized carbons (Fsp3) is 0.192. The highest BCUT2D eigenvalue weighted by atomic mass is 32.2. The average Bonchev–Trinajstić information content (AvgIpc) is 2.86. The number of aromatic nitrogens is 1. The number of nitrogens with one attached hydrogen (secondary N) is 1. The van der Waals surface area contributed by atoms with Gasteiger partial charge in [0.05, 0.1) is 5.52 Å². The van der Waals surface area contributed by atoms with Gasteiger partial charge in [-0.25, -0.2) is 12.8 Å². The number of halogens is 1. The zero-order valence-corrected chi connectivity index (χ0v) is 19.6. The minimum atomic E-state index is -4.22. The van der Waals surface area contributed by atoms with Gasteiger partial charge in [0, 0.05) is 30.1 Å². The molecule has 180 valence electrons. The molecule has 0 unspecified atom stereocenters. The first-order valence-corrected chi connectivity index (χ1v) is 12.6. The molecule has 7 nitrogen and oxygen atoms in total. The van der Waals surface area contributed by atoms with Crippen molar-refractivity contribution in [3.05, 3.63) is 100 Å².